The SMILES string of the molecule is CC(C)CC(=O)NC(=S)Nc1cc(Cl)ccc1N1CCN(C(=O)CC(C)C)CC1. The molecular weight excluding hydrogens is 408 g/mol. The zero-order valence-corrected chi connectivity index (χ0v) is 19.2. The molecule has 29 heavy (non-hydrogen) atoms. The third-order valence-electron chi connectivity index (χ3n) is 4.61. The summed E-state index contributed by atoms with van der Waals surface area (Å²) in [5.74, 6) is 0.718. The molecule has 0 spiro atoms. The maximum absolute atomic E-state index is 12.3. The summed E-state index contributed by atoms with van der Waals surface area (Å²) >= 11 is 11.5. The van der Waals surface area contributed by atoms with Crippen LogP contribution in [0.15, 0.2) is 18.2 Å². The number of piperazine rings is 1. The summed E-state index contributed by atoms with van der Waals surface area (Å²) in [5.41, 5.74) is 1.69. The highest BCUT2D eigenvalue weighted by molar-refractivity contribution is 7.80. The fourth-order valence-corrected chi connectivity index (χ4v) is 3.66. The summed E-state index contributed by atoms with van der Waals surface area (Å²) in [6.45, 7) is 10.9. The fourth-order valence-electron chi connectivity index (χ4n) is 3.26. The number of hydrogen-bond acceptors (Lipinski definition) is 4. The number of rotatable bonds is 6. The van der Waals surface area contributed by atoms with Crippen molar-refractivity contribution in [2.45, 2.75) is 40.5 Å². The lowest BCUT2D eigenvalue weighted by molar-refractivity contribution is -0.132. The van der Waals surface area contributed by atoms with Crippen LogP contribution in [0, 0.1) is 11.8 Å². The standard InChI is InChI=1S/C21H31ClN4O2S/c1-14(2)11-19(27)24-21(29)23-17-13-16(22)5-6-18(17)25-7-9-26(10-8-25)20(28)12-15(3)4/h5-6,13-15H,7-12H2,1-4H3,(H2,23,24,27,29). The summed E-state index contributed by atoms with van der Waals surface area (Å²) in [6, 6.07) is 5.57. The molecule has 1 aliphatic rings. The van der Waals surface area contributed by atoms with Crippen LogP contribution in [0.25, 0.3) is 0 Å². The molecule has 0 bridgehead atoms. The van der Waals surface area contributed by atoms with Crippen LogP contribution in [0.2, 0.25) is 5.02 Å². The molecule has 1 fully saturated rings. The number of amides is 2. The van der Waals surface area contributed by atoms with Crippen molar-refractivity contribution >= 4 is 52.1 Å². The number of benzene rings is 1. The maximum atomic E-state index is 12.3. The minimum atomic E-state index is -0.113. The van der Waals surface area contributed by atoms with Gasteiger partial charge < -0.3 is 20.4 Å². The van der Waals surface area contributed by atoms with E-state index < -0.39 is 0 Å². The topological polar surface area (TPSA) is 64.7 Å². The number of nitrogens with zero attached hydrogens (tertiary/aromatic N) is 2. The van der Waals surface area contributed by atoms with Crippen molar-refractivity contribution in [3.63, 3.8) is 0 Å². The Kier molecular flexibility index (Phi) is 8.71. The van der Waals surface area contributed by atoms with E-state index in [1.165, 1.54) is 0 Å². The quantitative estimate of drug-likeness (QED) is 0.659. The van der Waals surface area contributed by atoms with Gasteiger partial charge in [0.05, 0.1) is 11.4 Å². The molecule has 2 amide bonds. The van der Waals surface area contributed by atoms with Gasteiger partial charge in [0.25, 0.3) is 0 Å². The van der Waals surface area contributed by atoms with Crippen LogP contribution in [-0.2, 0) is 9.59 Å². The Hall–Kier alpha value is -1.86. The van der Waals surface area contributed by atoms with Crippen molar-refractivity contribution < 1.29 is 9.59 Å². The zero-order valence-electron chi connectivity index (χ0n) is 17.6. The zero-order chi connectivity index (χ0) is 21.6. The Morgan fingerprint density at radius 1 is 1.07 bits per heavy atom. The smallest absolute Gasteiger partial charge is 0.226 e. The highest BCUT2D eigenvalue weighted by atomic mass is 35.5. The summed E-state index contributed by atoms with van der Waals surface area (Å²) in [4.78, 5) is 28.4. The number of halogens is 1. The molecular formula is C21H31ClN4O2S. The first-order chi connectivity index (χ1) is 13.7. The largest absolute Gasteiger partial charge is 0.366 e. The summed E-state index contributed by atoms with van der Waals surface area (Å²) < 4.78 is 0. The van der Waals surface area contributed by atoms with E-state index in [0.717, 1.165) is 24.5 Å². The second kappa shape index (κ2) is 10.8. The molecule has 160 valence electrons. The number of nitrogens with one attached hydrogen (secondary N) is 2. The third kappa shape index (κ3) is 7.48. The van der Waals surface area contributed by atoms with E-state index in [0.29, 0.717) is 36.9 Å². The van der Waals surface area contributed by atoms with Gasteiger partial charge in [-0.3, -0.25) is 9.59 Å². The molecule has 1 heterocycles. The molecule has 8 heteroatoms. The van der Waals surface area contributed by atoms with E-state index in [1.54, 1.807) is 6.07 Å². The lowest BCUT2D eigenvalue weighted by Gasteiger charge is -2.37. The predicted octanol–water partition coefficient (Wildman–Crippen LogP) is 3.89. The van der Waals surface area contributed by atoms with Gasteiger partial charge in [-0.15, -0.1) is 0 Å². The highest BCUT2D eigenvalue weighted by Crippen LogP contribution is 2.30. The van der Waals surface area contributed by atoms with Crippen molar-refractivity contribution in [2.24, 2.45) is 11.8 Å². The van der Waals surface area contributed by atoms with Crippen LogP contribution in [0.3, 0.4) is 0 Å². The Balaban J connectivity index is 2.03. The van der Waals surface area contributed by atoms with Crippen molar-refractivity contribution in [1.29, 1.82) is 0 Å². The molecule has 1 aromatic carbocycles. The van der Waals surface area contributed by atoms with E-state index in [-0.39, 0.29) is 22.8 Å². The molecule has 6 nitrogen and oxygen atoms in total. The first kappa shape index (κ1) is 23.4. The second-order valence-electron chi connectivity index (χ2n) is 8.23. The maximum Gasteiger partial charge on any atom is 0.226 e. The van der Waals surface area contributed by atoms with Crippen molar-refractivity contribution in [1.82, 2.24) is 10.2 Å². The van der Waals surface area contributed by atoms with Crippen LogP contribution >= 0.6 is 23.8 Å². The van der Waals surface area contributed by atoms with Crippen molar-refractivity contribution in [2.75, 3.05) is 36.4 Å². The molecule has 0 radical (unpaired) electrons. The Labute approximate surface area is 184 Å². The molecule has 1 aromatic rings. The molecule has 0 unspecified atom stereocenters. The van der Waals surface area contributed by atoms with Crippen LogP contribution in [0.4, 0.5) is 11.4 Å². The third-order valence-corrected chi connectivity index (χ3v) is 5.05. The van der Waals surface area contributed by atoms with Crippen LogP contribution in [0.1, 0.15) is 40.5 Å². The number of thiocarbonyl (C=S) groups is 1. The van der Waals surface area contributed by atoms with Gasteiger partial charge in [0.1, 0.15) is 0 Å². The van der Waals surface area contributed by atoms with Gasteiger partial charge in [-0.25, -0.2) is 0 Å². The van der Waals surface area contributed by atoms with Crippen LogP contribution in [0.5, 0.6) is 0 Å². The van der Waals surface area contributed by atoms with Gasteiger partial charge >= 0.3 is 0 Å². The van der Waals surface area contributed by atoms with Gasteiger partial charge in [-0.05, 0) is 42.3 Å². The van der Waals surface area contributed by atoms with Crippen molar-refractivity contribution in [3.8, 4) is 0 Å². The number of hydrogen-bond donors (Lipinski definition) is 2. The second-order valence-corrected chi connectivity index (χ2v) is 9.07. The molecule has 1 saturated heterocycles. The summed E-state index contributed by atoms with van der Waals surface area (Å²) in [7, 11) is 0. The average Bonchev–Trinajstić information content (AvgIpc) is 2.60. The lowest BCUT2D eigenvalue weighted by atomic mass is 10.1. The number of carbonyl (C=O) groups is 2. The fraction of sp³-hybridized carbons (Fsp3) is 0.571. The first-order valence-corrected chi connectivity index (χ1v) is 10.9. The van der Waals surface area contributed by atoms with Crippen LogP contribution < -0.4 is 15.5 Å². The molecule has 2 N–H and O–H groups in total. The van der Waals surface area contributed by atoms with E-state index in [1.807, 2.05) is 30.9 Å². The summed E-state index contributed by atoms with van der Waals surface area (Å²) in [5, 5.41) is 6.66. The van der Waals surface area contributed by atoms with E-state index >= 15 is 0 Å². The molecule has 0 aliphatic carbocycles. The van der Waals surface area contributed by atoms with Crippen molar-refractivity contribution in [3.05, 3.63) is 23.2 Å². The molecule has 2 rings (SSSR count). The lowest BCUT2D eigenvalue weighted by Crippen LogP contribution is -2.49. The normalized spacial score (nSPS) is 14.3. The molecule has 0 aromatic heterocycles. The van der Waals surface area contributed by atoms with E-state index in [4.69, 9.17) is 23.8 Å². The van der Waals surface area contributed by atoms with Gasteiger partial charge in [0.2, 0.25) is 11.8 Å². The Morgan fingerprint density at radius 2 is 1.69 bits per heavy atom. The Morgan fingerprint density at radius 3 is 2.28 bits per heavy atom. The first-order valence-electron chi connectivity index (χ1n) is 10.1. The summed E-state index contributed by atoms with van der Waals surface area (Å²) in [6.07, 6.45) is 0.995. The van der Waals surface area contributed by atoms with Gasteiger partial charge in [-0.1, -0.05) is 39.3 Å². The monoisotopic (exact) mass is 438 g/mol. The Bertz CT molecular complexity index is 746. The predicted molar refractivity (Wildman–Crippen MR) is 124 cm³/mol. The minimum Gasteiger partial charge on any atom is -0.366 e. The number of carbonyl (C=O) groups excluding carboxylic acids is 2. The highest BCUT2D eigenvalue weighted by Gasteiger charge is 2.23. The molecule has 0 atom stereocenters. The van der Waals surface area contributed by atoms with E-state index in [2.05, 4.69) is 29.4 Å². The average molecular weight is 439 g/mol. The van der Waals surface area contributed by atoms with Gasteiger partial charge in [-0.2, -0.15) is 0 Å². The van der Waals surface area contributed by atoms with Crippen LogP contribution in [-0.4, -0.2) is 48.0 Å². The minimum absolute atomic E-state index is 0.113. The van der Waals surface area contributed by atoms with E-state index in [9.17, 15) is 9.59 Å². The van der Waals surface area contributed by atoms with Gasteiger partial charge in [0, 0.05) is 44.0 Å². The van der Waals surface area contributed by atoms with Gasteiger partial charge in [0.15, 0.2) is 5.11 Å². The number of anilines is 2. The molecule has 1 aliphatic heterocycles. The molecule has 0 saturated carbocycles.